The highest BCUT2D eigenvalue weighted by Gasteiger charge is 2.46. The smallest absolute Gasteiger partial charge is 0.416 e. The van der Waals surface area contributed by atoms with Crippen LogP contribution in [-0.4, -0.2) is 29.2 Å². The van der Waals surface area contributed by atoms with Crippen LogP contribution in [0.15, 0.2) is 48.5 Å². The summed E-state index contributed by atoms with van der Waals surface area (Å²) in [7, 11) is 1.00. The summed E-state index contributed by atoms with van der Waals surface area (Å²) in [5.74, 6) is -1.28. The highest BCUT2D eigenvalue weighted by Crippen LogP contribution is 2.46. The highest BCUT2D eigenvalue weighted by atomic mass is 32.1. The monoisotopic (exact) mass is 505 g/mol. The molecular weight excluding hydrogens is 479 g/mol. The van der Waals surface area contributed by atoms with Gasteiger partial charge in [0, 0.05) is 16.9 Å². The third-order valence-electron chi connectivity index (χ3n) is 6.03. The molecule has 5 nitrogen and oxygen atoms in total. The third-order valence-corrected chi connectivity index (χ3v) is 7.10. The Morgan fingerprint density at radius 3 is 2.20 bits per heavy atom. The Hall–Kier alpha value is -3.17. The maximum absolute atomic E-state index is 13.3. The number of alkyl halides is 3. The van der Waals surface area contributed by atoms with Gasteiger partial charge >= 0.3 is 12.1 Å². The molecule has 1 amide bonds. The Labute approximate surface area is 205 Å². The average molecular weight is 506 g/mol. The first-order valence-electron chi connectivity index (χ1n) is 10.9. The van der Waals surface area contributed by atoms with Crippen molar-refractivity contribution < 1.29 is 33.0 Å². The molecule has 4 rings (SSSR count). The summed E-state index contributed by atoms with van der Waals surface area (Å²) in [4.78, 5) is 26.2. The molecular formula is C26H26F3NO4S. The molecule has 0 unspecified atom stereocenters. The van der Waals surface area contributed by atoms with E-state index in [1.54, 1.807) is 18.2 Å². The van der Waals surface area contributed by atoms with Crippen LogP contribution >= 0.6 is 11.3 Å². The van der Waals surface area contributed by atoms with Gasteiger partial charge in [0.15, 0.2) is 0 Å². The lowest BCUT2D eigenvalue weighted by Gasteiger charge is -2.19. The van der Waals surface area contributed by atoms with E-state index >= 15 is 0 Å². The quantitative estimate of drug-likeness (QED) is 0.401. The van der Waals surface area contributed by atoms with Crippen molar-refractivity contribution in [1.82, 2.24) is 5.32 Å². The molecule has 35 heavy (non-hydrogen) atoms. The molecule has 1 fully saturated rings. The average Bonchev–Trinajstić information content (AvgIpc) is 3.54. The lowest BCUT2D eigenvalue weighted by atomic mass is 9.97. The van der Waals surface area contributed by atoms with Crippen LogP contribution in [0, 0.1) is 13.8 Å². The Bertz CT molecular complexity index is 1230. The van der Waals surface area contributed by atoms with E-state index < -0.39 is 23.2 Å². The zero-order valence-corrected chi connectivity index (χ0v) is 20.3. The fourth-order valence-corrected chi connectivity index (χ4v) is 5.20. The number of aliphatic hydroxyl groups is 1. The summed E-state index contributed by atoms with van der Waals surface area (Å²) in [5, 5.41) is 19.2. The lowest BCUT2D eigenvalue weighted by molar-refractivity contribution is -0.137. The van der Waals surface area contributed by atoms with Crippen LogP contribution in [0.1, 0.15) is 65.6 Å². The van der Waals surface area contributed by atoms with E-state index in [0.29, 0.717) is 11.1 Å². The minimum Gasteiger partial charge on any atom is -0.478 e. The number of hydrogen-bond donors (Lipinski definition) is 3. The SMILES string of the molecule is CO.Cc1sc(C)c(C(=O)NC2(c3ccc(C(=O)O)cc3)CC2)c1Cc1cccc(C(F)(F)F)c1. The third kappa shape index (κ3) is 5.74. The molecule has 0 saturated heterocycles. The van der Waals surface area contributed by atoms with Crippen molar-refractivity contribution in [3.05, 3.63) is 91.7 Å². The van der Waals surface area contributed by atoms with Gasteiger partial charge in [-0.1, -0.05) is 30.3 Å². The van der Waals surface area contributed by atoms with Crippen molar-refractivity contribution in [1.29, 1.82) is 0 Å². The Morgan fingerprint density at radius 2 is 1.66 bits per heavy atom. The second kappa shape index (κ2) is 10.2. The fraction of sp³-hybridized carbons (Fsp3) is 0.308. The number of aliphatic hydroxyl groups excluding tert-OH is 1. The number of rotatable bonds is 6. The highest BCUT2D eigenvalue weighted by molar-refractivity contribution is 7.12. The predicted molar refractivity (Wildman–Crippen MR) is 128 cm³/mol. The summed E-state index contributed by atoms with van der Waals surface area (Å²) < 4.78 is 39.4. The molecule has 1 saturated carbocycles. The van der Waals surface area contributed by atoms with Crippen LogP contribution in [0.25, 0.3) is 0 Å². The molecule has 9 heteroatoms. The first-order chi connectivity index (χ1) is 16.5. The van der Waals surface area contributed by atoms with Gasteiger partial charge in [-0.05, 0) is 68.0 Å². The largest absolute Gasteiger partial charge is 0.478 e. The van der Waals surface area contributed by atoms with Crippen LogP contribution in [0.5, 0.6) is 0 Å². The van der Waals surface area contributed by atoms with Crippen LogP contribution < -0.4 is 5.32 Å². The molecule has 3 N–H and O–H groups in total. The predicted octanol–water partition coefficient (Wildman–Crippen LogP) is 5.70. The van der Waals surface area contributed by atoms with Gasteiger partial charge in [0.25, 0.3) is 5.91 Å². The van der Waals surface area contributed by atoms with Gasteiger partial charge in [0.2, 0.25) is 0 Å². The second-order valence-corrected chi connectivity index (χ2v) is 9.79. The van der Waals surface area contributed by atoms with E-state index in [0.717, 1.165) is 53.0 Å². The number of halogens is 3. The summed E-state index contributed by atoms with van der Waals surface area (Å²) in [6.45, 7) is 3.71. The first kappa shape index (κ1) is 26.4. The van der Waals surface area contributed by atoms with Crippen LogP contribution in [0.2, 0.25) is 0 Å². The molecule has 1 aliphatic rings. The number of aromatic carboxylic acids is 1. The van der Waals surface area contributed by atoms with Crippen LogP contribution in [-0.2, 0) is 18.1 Å². The van der Waals surface area contributed by atoms with E-state index in [4.69, 9.17) is 10.2 Å². The summed E-state index contributed by atoms with van der Waals surface area (Å²) in [6.07, 6.45) is -2.74. The Morgan fingerprint density at radius 1 is 1.03 bits per heavy atom. The molecule has 2 aromatic carbocycles. The van der Waals surface area contributed by atoms with E-state index in [-0.39, 0.29) is 17.9 Å². The number of thiophene rings is 1. The van der Waals surface area contributed by atoms with Crippen molar-refractivity contribution >= 4 is 23.2 Å². The Balaban J connectivity index is 0.00000167. The van der Waals surface area contributed by atoms with Gasteiger partial charge < -0.3 is 15.5 Å². The van der Waals surface area contributed by atoms with Crippen molar-refractivity contribution in [2.45, 2.75) is 44.8 Å². The van der Waals surface area contributed by atoms with Gasteiger partial charge in [-0.15, -0.1) is 11.3 Å². The number of amides is 1. The number of benzene rings is 2. The van der Waals surface area contributed by atoms with Gasteiger partial charge in [0.1, 0.15) is 0 Å². The summed E-state index contributed by atoms with van der Waals surface area (Å²) in [5.41, 5.74) is 1.47. The van der Waals surface area contributed by atoms with E-state index in [1.807, 2.05) is 13.8 Å². The molecule has 3 aromatic rings. The van der Waals surface area contributed by atoms with Crippen LogP contribution in [0.4, 0.5) is 13.2 Å². The zero-order valence-electron chi connectivity index (χ0n) is 19.5. The van der Waals surface area contributed by atoms with Gasteiger partial charge in [-0.3, -0.25) is 4.79 Å². The molecule has 1 aromatic heterocycles. The van der Waals surface area contributed by atoms with Crippen molar-refractivity contribution in [2.24, 2.45) is 0 Å². The second-order valence-electron chi connectivity index (χ2n) is 8.36. The molecule has 0 aliphatic heterocycles. The number of hydrogen-bond acceptors (Lipinski definition) is 4. The minimum absolute atomic E-state index is 0.175. The summed E-state index contributed by atoms with van der Waals surface area (Å²) in [6, 6.07) is 11.6. The molecule has 1 aliphatic carbocycles. The van der Waals surface area contributed by atoms with Crippen molar-refractivity contribution in [3.63, 3.8) is 0 Å². The standard InChI is InChI=1S/C25H22F3NO3S.CH4O/c1-14-20(13-16-4-3-5-19(12-16)25(26,27)28)21(15(2)33-14)22(30)29-24(10-11-24)18-8-6-17(7-9-18)23(31)32;1-2/h3-9,12H,10-11,13H2,1-2H3,(H,29,30)(H,31,32);2H,1H3. The molecule has 1 heterocycles. The van der Waals surface area contributed by atoms with Gasteiger partial charge in [0.05, 0.1) is 22.2 Å². The zero-order chi connectivity index (χ0) is 26.0. The number of carboxylic acid groups (broad SMARTS) is 1. The van der Waals surface area contributed by atoms with E-state index in [1.165, 1.54) is 29.5 Å². The first-order valence-corrected chi connectivity index (χ1v) is 11.7. The number of carbonyl (C=O) groups excluding carboxylic acids is 1. The van der Waals surface area contributed by atoms with Crippen molar-refractivity contribution in [3.8, 4) is 0 Å². The maximum Gasteiger partial charge on any atom is 0.416 e. The minimum atomic E-state index is -4.43. The number of carbonyl (C=O) groups is 2. The van der Waals surface area contributed by atoms with Gasteiger partial charge in [-0.25, -0.2) is 4.79 Å². The number of aryl methyl sites for hydroxylation is 2. The molecule has 0 atom stereocenters. The molecule has 0 spiro atoms. The fourth-order valence-electron chi connectivity index (χ4n) is 4.12. The van der Waals surface area contributed by atoms with Gasteiger partial charge in [-0.2, -0.15) is 13.2 Å². The lowest BCUT2D eigenvalue weighted by Crippen LogP contribution is -2.35. The molecule has 186 valence electrons. The van der Waals surface area contributed by atoms with Crippen LogP contribution in [0.3, 0.4) is 0 Å². The summed E-state index contributed by atoms with van der Waals surface area (Å²) >= 11 is 1.45. The van der Waals surface area contributed by atoms with E-state index in [2.05, 4.69) is 5.32 Å². The molecule has 0 bridgehead atoms. The van der Waals surface area contributed by atoms with E-state index in [9.17, 15) is 22.8 Å². The maximum atomic E-state index is 13.3. The number of nitrogens with one attached hydrogen (secondary N) is 1. The molecule has 0 radical (unpaired) electrons. The van der Waals surface area contributed by atoms with Crippen molar-refractivity contribution in [2.75, 3.05) is 7.11 Å². The topological polar surface area (TPSA) is 86.6 Å². The normalized spacial score (nSPS) is 14.0. The Kier molecular flexibility index (Phi) is 7.71. The number of carboxylic acids is 1.